The Kier molecular flexibility index (Phi) is 5.47. The SMILES string of the molecule is Cc1cc2oc3c(c(=O)c2cc1C)C1(C(=O)N(Cc2ccccc2)c2ccccc21)N(Cc1ccc(F)cc1)C3=O. The molecule has 6 nitrogen and oxygen atoms in total. The van der Waals surface area contributed by atoms with Crippen LogP contribution in [0, 0.1) is 19.7 Å². The molecule has 0 radical (unpaired) electrons. The topological polar surface area (TPSA) is 70.8 Å². The molecule has 202 valence electrons. The lowest BCUT2D eigenvalue weighted by atomic mass is 9.83. The minimum Gasteiger partial charge on any atom is -0.450 e. The second-order valence-corrected chi connectivity index (χ2v) is 10.7. The highest BCUT2D eigenvalue weighted by molar-refractivity contribution is 6.17. The number of carbonyl (C=O) groups excluding carboxylic acids is 2. The number of amides is 2. The molecule has 0 saturated heterocycles. The molecule has 0 saturated carbocycles. The summed E-state index contributed by atoms with van der Waals surface area (Å²) in [5.74, 6) is -1.53. The number of hydrogen-bond donors (Lipinski definition) is 0. The van der Waals surface area contributed by atoms with Crippen molar-refractivity contribution in [2.24, 2.45) is 0 Å². The Bertz CT molecular complexity index is 1950. The molecular weight excluding hydrogens is 519 g/mol. The molecule has 1 atom stereocenters. The van der Waals surface area contributed by atoms with Crippen LogP contribution in [0.5, 0.6) is 0 Å². The number of para-hydroxylation sites is 1. The minimum absolute atomic E-state index is 0.0216. The number of fused-ring (bicyclic) bond motifs is 5. The number of halogens is 1. The quantitative estimate of drug-likeness (QED) is 0.279. The molecule has 1 unspecified atom stereocenters. The van der Waals surface area contributed by atoms with E-state index in [1.165, 1.54) is 17.0 Å². The van der Waals surface area contributed by atoms with Gasteiger partial charge >= 0.3 is 0 Å². The number of anilines is 1. The average molecular weight is 545 g/mol. The predicted molar refractivity (Wildman–Crippen MR) is 153 cm³/mol. The van der Waals surface area contributed by atoms with Crippen molar-refractivity contribution < 1.29 is 18.4 Å². The van der Waals surface area contributed by atoms with Crippen LogP contribution in [0.2, 0.25) is 0 Å². The zero-order valence-electron chi connectivity index (χ0n) is 22.5. The molecule has 1 aromatic heterocycles. The first-order valence-electron chi connectivity index (χ1n) is 13.4. The summed E-state index contributed by atoms with van der Waals surface area (Å²) in [5.41, 5.74) is 2.63. The lowest BCUT2D eigenvalue weighted by Crippen LogP contribution is -2.52. The smallest absolute Gasteiger partial charge is 0.291 e. The van der Waals surface area contributed by atoms with E-state index in [0.717, 1.165) is 16.7 Å². The standard InChI is InChI=1S/C34H25FN2O4/c1-20-16-25-28(17-21(20)2)41-31-29(30(25)38)34(37(32(31)39)19-23-12-14-24(35)15-13-23)26-10-6-7-11-27(26)36(33(34)40)18-22-8-4-3-5-9-22/h3-17H,18-19H2,1-2H3. The first-order chi connectivity index (χ1) is 19.8. The van der Waals surface area contributed by atoms with Gasteiger partial charge in [-0.1, -0.05) is 60.7 Å². The third kappa shape index (κ3) is 3.51. The molecule has 0 bridgehead atoms. The number of rotatable bonds is 4. The molecule has 5 aromatic rings. The van der Waals surface area contributed by atoms with Crippen LogP contribution in [-0.4, -0.2) is 16.7 Å². The van der Waals surface area contributed by atoms with Crippen LogP contribution in [-0.2, 0) is 23.4 Å². The summed E-state index contributed by atoms with van der Waals surface area (Å²) in [4.78, 5) is 46.5. The van der Waals surface area contributed by atoms with Gasteiger partial charge in [-0.2, -0.15) is 0 Å². The van der Waals surface area contributed by atoms with E-state index in [0.29, 0.717) is 27.8 Å². The fourth-order valence-electron chi connectivity index (χ4n) is 6.16. The van der Waals surface area contributed by atoms with Crippen LogP contribution < -0.4 is 10.3 Å². The van der Waals surface area contributed by atoms with Gasteiger partial charge in [-0.15, -0.1) is 0 Å². The van der Waals surface area contributed by atoms with Gasteiger partial charge in [0, 0.05) is 12.1 Å². The Morgan fingerprint density at radius 1 is 0.780 bits per heavy atom. The van der Waals surface area contributed by atoms with E-state index < -0.39 is 28.6 Å². The third-order valence-corrected chi connectivity index (χ3v) is 8.29. The largest absolute Gasteiger partial charge is 0.450 e. The zero-order valence-corrected chi connectivity index (χ0v) is 22.5. The lowest BCUT2D eigenvalue weighted by molar-refractivity contribution is -0.126. The van der Waals surface area contributed by atoms with Gasteiger partial charge in [-0.05, 0) is 66.4 Å². The molecule has 7 heteroatoms. The molecule has 3 heterocycles. The Hall–Kier alpha value is -5.04. The lowest BCUT2D eigenvalue weighted by Gasteiger charge is -2.34. The molecule has 0 N–H and O–H groups in total. The summed E-state index contributed by atoms with van der Waals surface area (Å²) in [5, 5.41) is 0.314. The fraction of sp³-hybridized carbons (Fsp3) is 0.147. The van der Waals surface area contributed by atoms with E-state index in [1.807, 2.05) is 56.3 Å². The van der Waals surface area contributed by atoms with Crippen LogP contribution in [0.15, 0.2) is 100 Å². The molecule has 41 heavy (non-hydrogen) atoms. The highest BCUT2D eigenvalue weighted by Crippen LogP contribution is 2.53. The highest BCUT2D eigenvalue weighted by atomic mass is 19.1. The molecule has 0 fully saturated rings. The number of carbonyl (C=O) groups is 2. The summed E-state index contributed by atoms with van der Waals surface area (Å²) in [7, 11) is 0. The molecule has 0 aliphatic carbocycles. The van der Waals surface area contributed by atoms with Gasteiger partial charge in [0.2, 0.25) is 5.76 Å². The van der Waals surface area contributed by atoms with E-state index in [1.54, 1.807) is 41.3 Å². The second-order valence-electron chi connectivity index (χ2n) is 10.7. The average Bonchev–Trinajstić information content (AvgIpc) is 3.36. The Morgan fingerprint density at radius 2 is 1.44 bits per heavy atom. The maximum atomic E-state index is 14.9. The third-order valence-electron chi connectivity index (χ3n) is 8.29. The normalized spacial score (nSPS) is 17.5. The molecule has 1 spiro atoms. The number of nitrogens with zero attached hydrogens (tertiary/aromatic N) is 2. The van der Waals surface area contributed by atoms with Gasteiger partial charge in [0.1, 0.15) is 11.4 Å². The van der Waals surface area contributed by atoms with Crippen molar-refractivity contribution in [2.45, 2.75) is 32.5 Å². The van der Waals surface area contributed by atoms with Crippen molar-refractivity contribution in [1.82, 2.24) is 4.90 Å². The zero-order chi connectivity index (χ0) is 28.5. The van der Waals surface area contributed by atoms with E-state index in [-0.39, 0.29) is 24.4 Å². The van der Waals surface area contributed by atoms with Gasteiger partial charge in [-0.3, -0.25) is 14.4 Å². The summed E-state index contributed by atoms with van der Waals surface area (Å²) < 4.78 is 20.0. The van der Waals surface area contributed by atoms with Crippen molar-refractivity contribution >= 4 is 28.5 Å². The molecule has 2 aliphatic rings. The summed E-state index contributed by atoms with van der Waals surface area (Å²) >= 11 is 0. The summed E-state index contributed by atoms with van der Waals surface area (Å²) in [6.45, 7) is 4.03. The monoisotopic (exact) mass is 544 g/mol. The fourth-order valence-corrected chi connectivity index (χ4v) is 6.16. The van der Waals surface area contributed by atoms with E-state index in [2.05, 4.69) is 0 Å². The van der Waals surface area contributed by atoms with Crippen molar-refractivity contribution in [3.05, 3.63) is 146 Å². The Labute approximate surface area is 235 Å². The summed E-state index contributed by atoms with van der Waals surface area (Å²) in [6, 6.07) is 26.1. The van der Waals surface area contributed by atoms with Crippen LogP contribution in [0.25, 0.3) is 11.0 Å². The predicted octanol–water partition coefficient (Wildman–Crippen LogP) is 6.00. The Balaban J connectivity index is 1.52. The minimum atomic E-state index is -1.75. The molecule has 4 aromatic carbocycles. The van der Waals surface area contributed by atoms with Gasteiger partial charge in [0.05, 0.1) is 23.2 Å². The van der Waals surface area contributed by atoms with Crippen molar-refractivity contribution in [2.75, 3.05) is 4.90 Å². The van der Waals surface area contributed by atoms with E-state index in [4.69, 9.17) is 4.42 Å². The number of aryl methyl sites for hydroxylation is 2. The van der Waals surface area contributed by atoms with Gasteiger partial charge < -0.3 is 14.2 Å². The van der Waals surface area contributed by atoms with E-state index in [9.17, 15) is 18.8 Å². The first-order valence-corrected chi connectivity index (χ1v) is 13.4. The second kappa shape index (κ2) is 8.99. The van der Waals surface area contributed by atoms with Gasteiger partial charge in [0.25, 0.3) is 11.8 Å². The van der Waals surface area contributed by atoms with Crippen LogP contribution >= 0.6 is 0 Å². The van der Waals surface area contributed by atoms with Crippen molar-refractivity contribution in [3.63, 3.8) is 0 Å². The van der Waals surface area contributed by atoms with Gasteiger partial charge in [-0.25, -0.2) is 4.39 Å². The van der Waals surface area contributed by atoms with Gasteiger partial charge in [0.15, 0.2) is 11.0 Å². The van der Waals surface area contributed by atoms with Crippen molar-refractivity contribution in [1.29, 1.82) is 0 Å². The van der Waals surface area contributed by atoms with Crippen molar-refractivity contribution in [3.8, 4) is 0 Å². The molecule has 2 amide bonds. The van der Waals surface area contributed by atoms with Crippen LogP contribution in [0.1, 0.15) is 43.9 Å². The maximum absolute atomic E-state index is 14.9. The Morgan fingerprint density at radius 3 is 2.20 bits per heavy atom. The highest BCUT2D eigenvalue weighted by Gasteiger charge is 2.65. The number of benzene rings is 4. The molecule has 7 rings (SSSR count). The molecule has 2 aliphatic heterocycles. The number of hydrogen-bond acceptors (Lipinski definition) is 4. The van der Waals surface area contributed by atoms with Crippen LogP contribution in [0.4, 0.5) is 10.1 Å². The van der Waals surface area contributed by atoms with Crippen LogP contribution in [0.3, 0.4) is 0 Å². The molecular formula is C34H25FN2O4. The van der Waals surface area contributed by atoms with E-state index >= 15 is 0 Å². The maximum Gasteiger partial charge on any atom is 0.291 e. The first kappa shape index (κ1) is 25.0. The summed E-state index contributed by atoms with van der Waals surface area (Å²) in [6.07, 6.45) is 0.